The number of aliphatic carboxylic acids is 1. The summed E-state index contributed by atoms with van der Waals surface area (Å²) in [6.07, 6.45) is 0.588. The summed E-state index contributed by atoms with van der Waals surface area (Å²) in [6, 6.07) is 3.80. The van der Waals surface area contributed by atoms with Crippen molar-refractivity contribution in [1.82, 2.24) is 10.1 Å². The smallest absolute Gasteiger partial charge is 0.307 e. The molecule has 88 valence electrons. The van der Waals surface area contributed by atoms with E-state index in [9.17, 15) is 4.79 Å². The van der Waals surface area contributed by atoms with E-state index in [0.717, 1.165) is 8.66 Å². The lowest BCUT2D eigenvalue weighted by Crippen LogP contribution is -1.98. The molecule has 1 aliphatic rings. The van der Waals surface area contributed by atoms with Crippen LogP contribution in [0.15, 0.2) is 20.4 Å². The van der Waals surface area contributed by atoms with Gasteiger partial charge in [-0.1, -0.05) is 5.16 Å². The molecule has 1 aliphatic carbocycles. The third-order valence-electron chi connectivity index (χ3n) is 2.66. The van der Waals surface area contributed by atoms with Gasteiger partial charge in [-0.05, 0) is 34.5 Å². The molecule has 2 aromatic rings. The minimum atomic E-state index is -0.798. The van der Waals surface area contributed by atoms with Crippen LogP contribution in [0.4, 0.5) is 0 Å². The fraction of sp³-hybridized carbons (Fsp3) is 0.300. The van der Waals surface area contributed by atoms with Gasteiger partial charge in [0.2, 0.25) is 11.7 Å². The Morgan fingerprint density at radius 2 is 2.41 bits per heavy atom. The molecule has 3 rings (SSSR count). The lowest BCUT2D eigenvalue weighted by atomic mass is 10.3. The van der Waals surface area contributed by atoms with Crippen LogP contribution < -0.4 is 0 Å². The van der Waals surface area contributed by atoms with Gasteiger partial charge in [0.1, 0.15) is 0 Å². The summed E-state index contributed by atoms with van der Waals surface area (Å²) >= 11 is 4.87. The molecule has 1 fully saturated rings. The van der Waals surface area contributed by atoms with Crippen molar-refractivity contribution in [1.29, 1.82) is 0 Å². The van der Waals surface area contributed by atoms with Crippen molar-refractivity contribution < 1.29 is 14.4 Å². The molecule has 17 heavy (non-hydrogen) atoms. The van der Waals surface area contributed by atoms with Crippen LogP contribution in [-0.4, -0.2) is 21.2 Å². The number of aromatic nitrogens is 2. The van der Waals surface area contributed by atoms with E-state index in [1.54, 1.807) is 0 Å². The highest BCUT2D eigenvalue weighted by molar-refractivity contribution is 9.11. The first-order valence-electron chi connectivity index (χ1n) is 4.97. The summed E-state index contributed by atoms with van der Waals surface area (Å²) in [6.45, 7) is 0. The van der Waals surface area contributed by atoms with Crippen LogP contribution in [0.1, 0.15) is 18.2 Å². The zero-order valence-corrected chi connectivity index (χ0v) is 10.9. The second-order valence-electron chi connectivity index (χ2n) is 3.85. The molecule has 1 saturated carbocycles. The molecular weight excluding hydrogens is 308 g/mol. The average molecular weight is 315 g/mol. The lowest BCUT2D eigenvalue weighted by molar-refractivity contribution is -0.138. The van der Waals surface area contributed by atoms with Crippen molar-refractivity contribution in [3.05, 3.63) is 21.8 Å². The van der Waals surface area contributed by atoms with E-state index in [1.165, 1.54) is 11.3 Å². The highest BCUT2D eigenvalue weighted by Crippen LogP contribution is 2.47. The molecule has 1 N–H and O–H groups in total. The van der Waals surface area contributed by atoms with Crippen molar-refractivity contribution in [2.45, 2.75) is 12.3 Å². The highest BCUT2D eigenvalue weighted by atomic mass is 79.9. The Morgan fingerprint density at radius 1 is 1.59 bits per heavy atom. The Labute approximate surface area is 109 Å². The lowest BCUT2D eigenvalue weighted by Gasteiger charge is -1.86. The predicted molar refractivity (Wildman–Crippen MR) is 63.8 cm³/mol. The van der Waals surface area contributed by atoms with Crippen LogP contribution >= 0.6 is 27.3 Å². The number of thiophene rings is 1. The fourth-order valence-corrected chi connectivity index (χ4v) is 2.97. The Morgan fingerprint density at radius 3 is 3.00 bits per heavy atom. The maximum absolute atomic E-state index is 10.7. The van der Waals surface area contributed by atoms with Gasteiger partial charge in [-0.15, -0.1) is 11.3 Å². The van der Waals surface area contributed by atoms with E-state index >= 15 is 0 Å². The standard InChI is InChI=1S/C10H7BrN2O3S/c11-7-2-1-6(17-7)8-12-9(16-13-8)4-3-5(4)10(14)15/h1-2,4-5H,3H2,(H,14,15). The summed E-state index contributed by atoms with van der Waals surface area (Å²) in [4.78, 5) is 15.9. The SMILES string of the molecule is O=C(O)C1CC1c1nc(-c2ccc(Br)s2)no1. The van der Waals surface area contributed by atoms with E-state index in [2.05, 4.69) is 26.1 Å². The molecule has 0 amide bonds. The molecule has 0 saturated heterocycles. The predicted octanol–water partition coefficient (Wildman–Crippen LogP) is 2.75. The van der Waals surface area contributed by atoms with Crippen LogP contribution in [0, 0.1) is 5.92 Å². The van der Waals surface area contributed by atoms with E-state index in [-0.39, 0.29) is 11.8 Å². The zero-order valence-electron chi connectivity index (χ0n) is 8.46. The van der Waals surface area contributed by atoms with Gasteiger partial charge in [0.25, 0.3) is 0 Å². The Hall–Kier alpha value is -1.21. The minimum absolute atomic E-state index is 0.114. The van der Waals surface area contributed by atoms with Crippen molar-refractivity contribution in [3.8, 4) is 10.7 Å². The van der Waals surface area contributed by atoms with Gasteiger partial charge >= 0.3 is 5.97 Å². The molecule has 0 bridgehead atoms. The highest BCUT2D eigenvalue weighted by Gasteiger charge is 2.48. The van der Waals surface area contributed by atoms with E-state index in [1.807, 2.05) is 12.1 Å². The molecule has 2 atom stereocenters. The molecule has 2 unspecified atom stereocenters. The maximum Gasteiger partial charge on any atom is 0.307 e. The van der Waals surface area contributed by atoms with Crippen LogP contribution in [0.2, 0.25) is 0 Å². The minimum Gasteiger partial charge on any atom is -0.481 e. The van der Waals surface area contributed by atoms with Gasteiger partial charge < -0.3 is 9.63 Å². The molecule has 0 radical (unpaired) electrons. The van der Waals surface area contributed by atoms with E-state index < -0.39 is 5.97 Å². The molecule has 2 aromatic heterocycles. The second kappa shape index (κ2) is 3.92. The monoisotopic (exact) mass is 314 g/mol. The van der Waals surface area contributed by atoms with Crippen LogP contribution in [-0.2, 0) is 4.79 Å². The molecule has 7 heteroatoms. The molecule has 5 nitrogen and oxygen atoms in total. The number of carboxylic acids is 1. The van der Waals surface area contributed by atoms with Crippen molar-refractivity contribution >= 4 is 33.2 Å². The summed E-state index contributed by atoms with van der Waals surface area (Å²) in [5.41, 5.74) is 0. The van der Waals surface area contributed by atoms with Gasteiger partial charge in [0, 0.05) is 0 Å². The average Bonchev–Trinajstić information content (AvgIpc) is 2.74. The first-order valence-corrected chi connectivity index (χ1v) is 6.58. The molecule has 0 aliphatic heterocycles. The van der Waals surface area contributed by atoms with Gasteiger partial charge in [-0.3, -0.25) is 4.79 Å². The third-order valence-corrected chi connectivity index (χ3v) is 4.28. The first kappa shape index (κ1) is 10.9. The molecule has 0 aromatic carbocycles. The van der Waals surface area contributed by atoms with Crippen LogP contribution in [0.5, 0.6) is 0 Å². The van der Waals surface area contributed by atoms with Crippen LogP contribution in [0.25, 0.3) is 10.7 Å². The number of rotatable bonds is 3. The summed E-state index contributed by atoms with van der Waals surface area (Å²) < 4.78 is 6.09. The Balaban J connectivity index is 1.82. The summed E-state index contributed by atoms with van der Waals surface area (Å²) in [7, 11) is 0. The van der Waals surface area contributed by atoms with Gasteiger partial charge in [-0.25, -0.2) is 0 Å². The van der Waals surface area contributed by atoms with E-state index in [4.69, 9.17) is 9.63 Å². The molecule has 2 heterocycles. The van der Waals surface area contributed by atoms with Crippen molar-refractivity contribution in [3.63, 3.8) is 0 Å². The third kappa shape index (κ3) is 2.00. The second-order valence-corrected chi connectivity index (χ2v) is 6.31. The Bertz CT molecular complexity index is 580. The van der Waals surface area contributed by atoms with Crippen molar-refractivity contribution in [2.24, 2.45) is 5.92 Å². The van der Waals surface area contributed by atoms with Gasteiger partial charge in [0.05, 0.1) is 20.5 Å². The van der Waals surface area contributed by atoms with Crippen molar-refractivity contribution in [2.75, 3.05) is 0 Å². The number of carboxylic acid groups (broad SMARTS) is 1. The number of hydrogen-bond donors (Lipinski definition) is 1. The number of halogens is 1. The quantitative estimate of drug-likeness (QED) is 0.942. The van der Waals surface area contributed by atoms with Gasteiger partial charge in [0.15, 0.2) is 0 Å². The Kier molecular flexibility index (Phi) is 2.52. The number of hydrogen-bond acceptors (Lipinski definition) is 5. The number of carbonyl (C=O) groups is 1. The largest absolute Gasteiger partial charge is 0.481 e. The molecule has 0 spiro atoms. The summed E-state index contributed by atoms with van der Waals surface area (Å²) in [5, 5.41) is 12.7. The topological polar surface area (TPSA) is 76.2 Å². The van der Waals surface area contributed by atoms with Gasteiger partial charge in [-0.2, -0.15) is 4.98 Å². The van der Waals surface area contributed by atoms with Crippen LogP contribution in [0.3, 0.4) is 0 Å². The summed E-state index contributed by atoms with van der Waals surface area (Å²) in [5.74, 6) is -0.326. The number of nitrogens with zero attached hydrogens (tertiary/aromatic N) is 2. The fourth-order valence-electron chi connectivity index (χ4n) is 1.66. The maximum atomic E-state index is 10.7. The zero-order chi connectivity index (χ0) is 12.0. The first-order chi connectivity index (χ1) is 8.15. The van der Waals surface area contributed by atoms with E-state index in [0.29, 0.717) is 18.1 Å². The normalized spacial score (nSPS) is 22.6. The molecular formula is C10H7BrN2O3S.